The first-order chi connectivity index (χ1) is 17.5. The lowest BCUT2D eigenvalue weighted by Crippen LogP contribution is -2.52. The van der Waals surface area contributed by atoms with Crippen molar-refractivity contribution >= 4 is 43.5 Å². The molecule has 0 radical (unpaired) electrons. The first kappa shape index (κ1) is 27.4. The second-order valence-electron chi connectivity index (χ2n) is 9.26. The molecule has 1 saturated heterocycles. The lowest BCUT2D eigenvalue weighted by Gasteiger charge is -2.29. The minimum Gasteiger partial charge on any atom is -0.496 e. The SMILES string of the molecule is COc1ccccc1[C@H](Cn1c(=O)n(OC(C)(C)C(=O)O)c(=O)c2c(C)c(Br)sc21)OC1CCOCC1. The molecule has 0 bridgehead atoms. The van der Waals surface area contributed by atoms with Crippen molar-refractivity contribution in [2.45, 2.75) is 58.0 Å². The van der Waals surface area contributed by atoms with Gasteiger partial charge in [0, 0.05) is 18.8 Å². The Balaban J connectivity index is 1.89. The summed E-state index contributed by atoms with van der Waals surface area (Å²) < 4.78 is 20.2. The summed E-state index contributed by atoms with van der Waals surface area (Å²) in [4.78, 5) is 44.7. The van der Waals surface area contributed by atoms with E-state index in [9.17, 15) is 19.5 Å². The Kier molecular flexibility index (Phi) is 8.12. The first-order valence-corrected chi connectivity index (χ1v) is 13.4. The maximum Gasteiger partial charge on any atom is 0.365 e. The molecule has 0 saturated carbocycles. The largest absolute Gasteiger partial charge is 0.496 e. The molecule has 0 spiro atoms. The van der Waals surface area contributed by atoms with Crippen LogP contribution in [0.2, 0.25) is 0 Å². The van der Waals surface area contributed by atoms with Gasteiger partial charge in [0.25, 0.3) is 5.56 Å². The number of halogens is 1. The summed E-state index contributed by atoms with van der Waals surface area (Å²) in [7, 11) is 1.57. The van der Waals surface area contributed by atoms with Gasteiger partial charge in [0.15, 0.2) is 0 Å². The number of ether oxygens (including phenoxy) is 3. The van der Waals surface area contributed by atoms with E-state index in [-0.39, 0.29) is 18.0 Å². The van der Waals surface area contributed by atoms with E-state index in [1.54, 1.807) is 14.0 Å². The van der Waals surface area contributed by atoms with Gasteiger partial charge in [0.2, 0.25) is 5.60 Å². The van der Waals surface area contributed by atoms with Crippen LogP contribution in [0.25, 0.3) is 10.2 Å². The molecule has 0 unspecified atom stereocenters. The van der Waals surface area contributed by atoms with Gasteiger partial charge in [0.1, 0.15) is 16.7 Å². The van der Waals surface area contributed by atoms with Crippen molar-refractivity contribution in [2.75, 3.05) is 20.3 Å². The average Bonchev–Trinajstić information content (AvgIpc) is 3.18. The number of carboxylic acid groups (broad SMARTS) is 1. The Morgan fingerprint density at radius 1 is 1.27 bits per heavy atom. The van der Waals surface area contributed by atoms with E-state index >= 15 is 0 Å². The van der Waals surface area contributed by atoms with Gasteiger partial charge in [0.05, 0.1) is 28.9 Å². The highest BCUT2D eigenvalue weighted by Crippen LogP contribution is 2.35. The van der Waals surface area contributed by atoms with Crippen molar-refractivity contribution in [2.24, 2.45) is 0 Å². The van der Waals surface area contributed by atoms with E-state index < -0.39 is 28.9 Å². The third-order valence-corrected chi connectivity index (χ3v) is 8.50. The standard InChI is InChI=1S/C25H29BrN2O8S/c1-14-19-21(29)28(36-25(2,3)23(30)31)24(32)27(22(19)37-20(14)26)13-18(35-15-9-11-34-12-10-15)16-7-5-6-8-17(16)33-4/h5-8,15,18H,9-13H2,1-4H3,(H,30,31)/t18-/m0/s1. The normalized spacial score (nSPS) is 15.6. The molecule has 4 rings (SSSR count). The van der Waals surface area contributed by atoms with Crippen molar-refractivity contribution in [1.29, 1.82) is 0 Å². The van der Waals surface area contributed by atoms with Crippen LogP contribution in [0.5, 0.6) is 5.75 Å². The molecule has 200 valence electrons. The molecule has 1 N–H and O–H groups in total. The van der Waals surface area contributed by atoms with E-state index in [0.29, 0.717) is 50.7 Å². The van der Waals surface area contributed by atoms with Gasteiger partial charge in [-0.2, -0.15) is 0 Å². The Bertz CT molecular complexity index is 1420. The van der Waals surface area contributed by atoms with Crippen molar-refractivity contribution in [3.8, 4) is 5.75 Å². The van der Waals surface area contributed by atoms with E-state index in [2.05, 4.69) is 15.9 Å². The fraction of sp³-hybridized carbons (Fsp3) is 0.480. The zero-order valence-corrected chi connectivity index (χ0v) is 23.4. The third kappa shape index (κ3) is 5.47. The van der Waals surface area contributed by atoms with Crippen LogP contribution in [0, 0.1) is 6.92 Å². The third-order valence-electron chi connectivity index (χ3n) is 6.31. The zero-order valence-electron chi connectivity index (χ0n) is 21.0. The van der Waals surface area contributed by atoms with E-state index in [1.807, 2.05) is 24.3 Å². The van der Waals surface area contributed by atoms with Gasteiger partial charge in [-0.1, -0.05) is 22.9 Å². The highest BCUT2D eigenvalue weighted by molar-refractivity contribution is 9.11. The van der Waals surface area contributed by atoms with Gasteiger partial charge in [-0.15, -0.1) is 11.3 Å². The van der Waals surface area contributed by atoms with E-state index in [4.69, 9.17) is 19.0 Å². The number of fused-ring (bicyclic) bond motifs is 1. The van der Waals surface area contributed by atoms with Gasteiger partial charge in [-0.3, -0.25) is 9.36 Å². The van der Waals surface area contributed by atoms with Crippen molar-refractivity contribution in [3.63, 3.8) is 0 Å². The summed E-state index contributed by atoms with van der Waals surface area (Å²) in [6.45, 7) is 5.50. The van der Waals surface area contributed by atoms with E-state index in [0.717, 1.165) is 5.56 Å². The number of aryl methyl sites for hydroxylation is 1. The van der Waals surface area contributed by atoms with Crippen LogP contribution < -0.4 is 20.8 Å². The Morgan fingerprint density at radius 2 is 1.95 bits per heavy atom. The number of hydrogen-bond donors (Lipinski definition) is 1. The van der Waals surface area contributed by atoms with Gasteiger partial charge >= 0.3 is 11.7 Å². The number of rotatable bonds is 9. The second kappa shape index (κ2) is 11.0. The lowest BCUT2D eigenvalue weighted by atomic mass is 10.1. The molecule has 1 aliphatic heterocycles. The molecule has 1 atom stereocenters. The number of aliphatic carboxylic acids is 1. The molecule has 0 amide bonds. The van der Waals surface area contributed by atoms with Crippen LogP contribution in [0.1, 0.15) is 43.9 Å². The van der Waals surface area contributed by atoms with Crippen LogP contribution in [0.3, 0.4) is 0 Å². The van der Waals surface area contributed by atoms with Crippen LogP contribution in [-0.4, -0.2) is 52.4 Å². The smallest absolute Gasteiger partial charge is 0.365 e. The predicted octanol–water partition coefficient (Wildman–Crippen LogP) is 3.53. The average molecular weight is 597 g/mol. The Morgan fingerprint density at radius 3 is 2.59 bits per heavy atom. The Hall–Kier alpha value is -2.67. The molecule has 0 aliphatic carbocycles. The molecule has 3 heterocycles. The quantitative estimate of drug-likeness (QED) is 0.398. The minimum absolute atomic E-state index is 0.0383. The van der Waals surface area contributed by atoms with E-state index in [1.165, 1.54) is 29.8 Å². The second-order valence-corrected chi connectivity index (χ2v) is 11.6. The van der Waals surface area contributed by atoms with Gasteiger partial charge < -0.3 is 24.2 Å². The molecule has 37 heavy (non-hydrogen) atoms. The monoisotopic (exact) mass is 596 g/mol. The van der Waals surface area contributed by atoms with Gasteiger partial charge in [-0.05, 0) is 61.2 Å². The molecule has 1 aliphatic rings. The molecule has 10 nitrogen and oxygen atoms in total. The fourth-order valence-corrected chi connectivity index (χ4v) is 5.85. The number of methoxy groups -OCH3 is 1. The number of benzene rings is 1. The number of thiophene rings is 1. The Labute approximate surface area is 225 Å². The molecule has 1 aromatic carbocycles. The van der Waals surface area contributed by atoms with Crippen molar-refractivity contribution < 1.29 is 28.9 Å². The number of aromatic nitrogens is 2. The number of carbonyl (C=O) groups is 1. The van der Waals surface area contributed by atoms with Gasteiger partial charge in [-0.25, -0.2) is 9.59 Å². The molecule has 2 aromatic heterocycles. The molecule has 1 fully saturated rings. The van der Waals surface area contributed by atoms with Crippen molar-refractivity contribution in [1.82, 2.24) is 9.30 Å². The number of hydrogen-bond acceptors (Lipinski definition) is 8. The highest BCUT2D eigenvalue weighted by atomic mass is 79.9. The van der Waals surface area contributed by atoms with Crippen LogP contribution in [-0.2, 0) is 20.8 Å². The number of carboxylic acids is 1. The zero-order chi connectivity index (χ0) is 26.9. The maximum absolute atomic E-state index is 13.7. The fourth-order valence-electron chi connectivity index (χ4n) is 4.16. The molecular formula is C25H29BrN2O8S. The minimum atomic E-state index is -1.82. The summed E-state index contributed by atoms with van der Waals surface area (Å²) in [5.41, 5.74) is -1.96. The number of para-hydroxylation sites is 1. The predicted molar refractivity (Wildman–Crippen MR) is 142 cm³/mol. The number of nitrogens with zero attached hydrogens (tertiary/aromatic N) is 2. The maximum atomic E-state index is 13.7. The molecule has 12 heteroatoms. The van der Waals surface area contributed by atoms with Crippen LogP contribution >= 0.6 is 27.3 Å². The summed E-state index contributed by atoms with van der Waals surface area (Å²) in [6.07, 6.45) is 0.698. The van der Waals surface area contributed by atoms with Crippen molar-refractivity contribution in [3.05, 3.63) is 60.0 Å². The van der Waals surface area contributed by atoms with Crippen LogP contribution in [0.4, 0.5) is 0 Å². The summed E-state index contributed by atoms with van der Waals surface area (Å²) in [6, 6.07) is 7.40. The first-order valence-electron chi connectivity index (χ1n) is 11.8. The highest BCUT2D eigenvalue weighted by Gasteiger charge is 2.34. The summed E-state index contributed by atoms with van der Waals surface area (Å²) in [5.74, 6) is -0.715. The summed E-state index contributed by atoms with van der Waals surface area (Å²) in [5, 5.41) is 9.83. The lowest BCUT2D eigenvalue weighted by molar-refractivity contribution is -0.163. The topological polar surface area (TPSA) is 118 Å². The van der Waals surface area contributed by atoms with Crippen LogP contribution in [0.15, 0.2) is 37.6 Å². The molecule has 3 aromatic rings. The molecular weight excluding hydrogens is 568 g/mol. The summed E-state index contributed by atoms with van der Waals surface area (Å²) >= 11 is 4.73.